The third-order valence-corrected chi connectivity index (χ3v) is 4.97. The molecular weight excluding hydrogens is 370 g/mol. The second-order valence-electron chi connectivity index (χ2n) is 6.88. The Morgan fingerprint density at radius 2 is 1.83 bits per heavy atom. The van der Waals surface area contributed by atoms with Gasteiger partial charge < -0.3 is 24.7 Å². The minimum atomic E-state index is -0.752. The molecule has 4 rings (SSSR count). The number of carbonyl (C=O) groups excluding carboxylic acids is 1. The molecule has 0 spiro atoms. The van der Waals surface area contributed by atoms with Crippen LogP contribution < -0.4 is 10.5 Å². The average Bonchev–Trinajstić information content (AvgIpc) is 3.55. The highest BCUT2D eigenvalue weighted by molar-refractivity contribution is 5.84. The number of benzene rings is 3. The molecule has 3 unspecified atom stereocenters. The lowest BCUT2D eigenvalue weighted by molar-refractivity contribution is 0.0220. The van der Waals surface area contributed by atoms with Crippen molar-refractivity contribution in [2.75, 3.05) is 20.3 Å². The number of nitrogens with two attached hydrogens (primary N) is 1. The molecule has 6 heteroatoms. The Bertz CT molecular complexity index is 991. The van der Waals surface area contributed by atoms with E-state index in [-0.39, 0.29) is 25.4 Å². The smallest absolute Gasteiger partial charge is 0.497 e. The van der Waals surface area contributed by atoms with Gasteiger partial charge in [-0.3, -0.25) is 0 Å². The zero-order chi connectivity index (χ0) is 20.2. The van der Waals surface area contributed by atoms with E-state index >= 15 is 0 Å². The number of ether oxygens (including phenoxy) is 4. The number of methoxy groups -OCH3 is 1. The summed E-state index contributed by atoms with van der Waals surface area (Å²) >= 11 is 0. The van der Waals surface area contributed by atoms with Crippen molar-refractivity contribution >= 4 is 16.9 Å². The summed E-state index contributed by atoms with van der Waals surface area (Å²) in [5.74, 6) is 0.788. The van der Waals surface area contributed by atoms with Gasteiger partial charge >= 0.3 is 6.16 Å². The maximum absolute atomic E-state index is 12.1. The van der Waals surface area contributed by atoms with Crippen molar-refractivity contribution in [1.82, 2.24) is 0 Å². The minimum absolute atomic E-state index is 0.0354. The maximum Gasteiger partial charge on any atom is 0.509 e. The maximum atomic E-state index is 12.1. The Kier molecular flexibility index (Phi) is 5.64. The van der Waals surface area contributed by atoms with Crippen molar-refractivity contribution in [2.45, 2.75) is 18.3 Å². The van der Waals surface area contributed by atoms with E-state index in [1.807, 2.05) is 66.7 Å². The van der Waals surface area contributed by atoms with E-state index < -0.39 is 12.3 Å². The summed E-state index contributed by atoms with van der Waals surface area (Å²) < 4.78 is 21.5. The molecule has 0 aliphatic carbocycles. The zero-order valence-electron chi connectivity index (χ0n) is 16.1. The molecule has 6 nitrogen and oxygen atoms in total. The van der Waals surface area contributed by atoms with Gasteiger partial charge in [-0.2, -0.15) is 0 Å². The zero-order valence-corrected chi connectivity index (χ0v) is 16.1. The Labute approximate surface area is 169 Å². The first-order chi connectivity index (χ1) is 14.2. The molecular formula is C23H23NO5. The van der Waals surface area contributed by atoms with Crippen LogP contribution in [0, 0.1) is 0 Å². The Hall–Kier alpha value is -3.09. The molecule has 0 radical (unpaired) electrons. The van der Waals surface area contributed by atoms with Crippen LogP contribution >= 0.6 is 0 Å². The highest BCUT2D eigenvalue weighted by Crippen LogP contribution is 2.38. The van der Waals surface area contributed by atoms with E-state index in [4.69, 9.17) is 24.7 Å². The molecule has 0 saturated carbocycles. The Balaban J connectivity index is 1.34. The largest absolute Gasteiger partial charge is 0.509 e. The van der Waals surface area contributed by atoms with Crippen molar-refractivity contribution in [3.8, 4) is 5.75 Å². The average molecular weight is 393 g/mol. The number of carbonyl (C=O) groups is 1. The van der Waals surface area contributed by atoms with Gasteiger partial charge in [0.25, 0.3) is 0 Å². The van der Waals surface area contributed by atoms with Gasteiger partial charge in [0.15, 0.2) is 0 Å². The van der Waals surface area contributed by atoms with Gasteiger partial charge in [0.05, 0.1) is 7.11 Å². The lowest BCUT2D eigenvalue weighted by atomic mass is 10.0. The lowest BCUT2D eigenvalue weighted by Gasteiger charge is -2.17. The van der Waals surface area contributed by atoms with Crippen molar-refractivity contribution in [2.24, 2.45) is 5.73 Å². The molecule has 1 fully saturated rings. The summed E-state index contributed by atoms with van der Waals surface area (Å²) in [6.45, 7) is 0.302. The predicted octanol–water partition coefficient (Wildman–Crippen LogP) is 4.14. The van der Waals surface area contributed by atoms with Gasteiger partial charge in [-0.05, 0) is 40.1 Å². The number of hydrogen-bond acceptors (Lipinski definition) is 6. The normalized spacial score (nSPS) is 18.8. The van der Waals surface area contributed by atoms with Crippen molar-refractivity contribution in [1.29, 1.82) is 0 Å². The van der Waals surface area contributed by atoms with Gasteiger partial charge in [0.1, 0.15) is 30.7 Å². The van der Waals surface area contributed by atoms with E-state index in [1.54, 1.807) is 7.11 Å². The van der Waals surface area contributed by atoms with E-state index in [0.29, 0.717) is 0 Å². The SMILES string of the molecule is COc1ccc2cc(C(CN)OC(=O)OCC3OC3c3ccccc3)ccc2c1. The Morgan fingerprint density at radius 3 is 2.59 bits per heavy atom. The predicted molar refractivity (Wildman–Crippen MR) is 109 cm³/mol. The lowest BCUT2D eigenvalue weighted by Crippen LogP contribution is -2.21. The molecule has 0 aromatic heterocycles. The second-order valence-corrected chi connectivity index (χ2v) is 6.88. The molecule has 29 heavy (non-hydrogen) atoms. The van der Waals surface area contributed by atoms with Crippen LogP contribution in [0.1, 0.15) is 23.3 Å². The van der Waals surface area contributed by atoms with Crippen LogP contribution in [0.3, 0.4) is 0 Å². The first-order valence-corrected chi connectivity index (χ1v) is 9.49. The van der Waals surface area contributed by atoms with Gasteiger partial charge in [-0.1, -0.05) is 48.5 Å². The fourth-order valence-electron chi connectivity index (χ4n) is 3.33. The van der Waals surface area contributed by atoms with E-state index in [2.05, 4.69) is 0 Å². The van der Waals surface area contributed by atoms with Gasteiger partial charge in [0, 0.05) is 6.54 Å². The highest BCUT2D eigenvalue weighted by atomic mass is 16.7. The van der Waals surface area contributed by atoms with Crippen LogP contribution in [0.15, 0.2) is 66.7 Å². The topological polar surface area (TPSA) is 83.3 Å². The Morgan fingerprint density at radius 1 is 1.07 bits per heavy atom. The van der Waals surface area contributed by atoms with Crippen LogP contribution in [-0.4, -0.2) is 32.5 Å². The third kappa shape index (κ3) is 4.50. The van der Waals surface area contributed by atoms with Gasteiger partial charge in [0.2, 0.25) is 0 Å². The molecule has 0 amide bonds. The molecule has 0 bridgehead atoms. The van der Waals surface area contributed by atoms with Gasteiger partial charge in [-0.15, -0.1) is 0 Å². The fourth-order valence-corrected chi connectivity index (χ4v) is 3.33. The molecule has 3 atom stereocenters. The molecule has 1 aliphatic heterocycles. The fraction of sp³-hybridized carbons (Fsp3) is 0.261. The molecule has 2 N–H and O–H groups in total. The summed E-state index contributed by atoms with van der Waals surface area (Å²) in [6.07, 6.45) is -1.51. The summed E-state index contributed by atoms with van der Waals surface area (Å²) in [5.41, 5.74) is 7.72. The summed E-state index contributed by atoms with van der Waals surface area (Å²) in [4.78, 5) is 12.1. The molecule has 3 aromatic carbocycles. The van der Waals surface area contributed by atoms with Crippen LogP contribution in [0.2, 0.25) is 0 Å². The van der Waals surface area contributed by atoms with Crippen LogP contribution in [0.4, 0.5) is 4.79 Å². The van der Waals surface area contributed by atoms with Gasteiger partial charge in [-0.25, -0.2) is 4.79 Å². The minimum Gasteiger partial charge on any atom is -0.497 e. The van der Waals surface area contributed by atoms with E-state index in [0.717, 1.165) is 27.6 Å². The quantitative estimate of drug-likeness (QED) is 0.480. The number of fused-ring (bicyclic) bond motifs is 1. The standard InChI is InChI=1S/C23H23NO5/c1-26-19-10-9-16-11-18(8-7-17(16)12-19)20(13-24)29-23(25)27-14-21-22(28-21)15-5-3-2-4-6-15/h2-12,20-22H,13-14,24H2,1H3. The highest BCUT2D eigenvalue weighted by Gasteiger charge is 2.41. The second kappa shape index (κ2) is 8.51. The van der Waals surface area contributed by atoms with E-state index in [9.17, 15) is 4.79 Å². The first-order valence-electron chi connectivity index (χ1n) is 9.49. The molecule has 150 valence electrons. The van der Waals surface area contributed by atoms with Crippen molar-refractivity contribution in [3.05, 3.63) is 77.9 Å². The summed E-state index contributed by atoms with van der Waals surface area (Å²) in [6, 6.07) is 21.4. The summed E-state index contributed by atoms with van der Waals surface area (Å²) in [5, 5.41) is 2.04. The molecule has 1 saturated heterocycles. The van der Waals surface area contributed by atoms with Crippen LogP contribution in [0.5, 0.6) is 5.75 Å². The summed E-state index contributed by atoms with van der Waals surface area (Å²) in [7, 11) is 1.63. The number of hydrogen-bond donors (Lipinski definition) is 1. The van der Waals surface area contributed by atoms with Crippen molar-refractivity contribution < 1.29 is 23.7 Å². The number of epoxide rings is 1. The van der Waals surface area contributed by atoms with Crippen molar-refractivity contribution in [3.63, 3.8) is 0 Å². The molecule has 1 aliphatic rings. The first kappa shape index (κ1) is 19.2. The molecule has 1 heterocycles. The monoisotopic (exact) mass is 393 g/mol. The van der Waals surface area contributed by atoms with Crippen LogP contribution in [-0.2, 0) is 14.2 Å². The van der Waals surface area contributed by atoms with E-state index in [1.165, 1.54) is 0 Å². The van der Waals surface area contributed by atoms with Crippen LogP contribution in [0.25, 0.3) is 10.8 Å². The number of rotatable bonds is 7. The molecule has 3 aromatic rings. The third-order valence-electron chi connectivity index (χ3n) is 4.97.